The number of ether oxygens (including phenoxy) is 1. The van der Waals surface area contributed by atoms with E-state index >= 15 is 0 Å². The highest BCUT2D eigenvalue weighted by Gasteiger charge is 2.34. The first kappa shape index (κ1) is 20.4. The van der Waals surface area contributed by atoms with Crippen molar-refractivity contribution < 1.29 is 19.2 Å². The second-order valence-corrected chi connectivity index (χ2v) is 7.05. The molecule has 152 valence electrons. The third kappa shape index (κ3) is 4.57. The van der Waals surface area contributed by atoms with E-state index < -0.39 is 23.0 Å². The molecule has 1 aromatic carbocycles. The Morgan fingerprint density at radius 3 is 2.90 bits per heavy atom. The van der Waals surface area contributed by atoms with E-state index in [0.717, 1.165) is 0 Å². The van der Waals surface area contributed by atoms with Gasteiger partial charge in [0.15, 0.2) is 5.16 Å². The Bertz CT molecular complexity index is 987. The molecule has 1 aliphatic rings. The Labute approximate surface area is 170 Å². The van der Waals surface area contributed by atoms with Crippen molar-refractivity contribution in [3.8, 4) is 0 Å². The Hall–Kier alpha value is -3.34. The van der Waals surface area contributed by atoms with Crippen LogP contribution in [-0.2, 0) is 16.6 Å². The van der Waals surface area contributed by atoms with Gasteiger partial charge in [0.05, 0.1) is 23.1 Å². The fraction of sp³-hybridized carbons (Fsp3) is 0.278. The van der Waals surface area contributed by atoms with Crippen molar-refractivity contribution >= 4 is 29.4 Å². The van der Waals surface area contributed by atoms with Crippen LogP contribution >= 0.6 is 11.8 Å². The molecule has 29 heavy (non-hydrogen) atoms. The van der Waals surface area contributed by atoms with Gasteiger partial charge in [0.25, 0.3) is 5.69 Å². The van der Waals surface area contributed by atoms with Gasteiger partial charge in [0.2, 0.25) is 0 Å². The number of nitrogens with one attached hydrogen (secondary N) is 2. The summed E-state index contributed by atoms with van der Waals surface area (Å²) in [6.45, 7) is 1.83. The summed E-state index contributed by atoms with van der Waals surface area (Å²) in [7, 11) is 1.84. The summed E-state index contributed by atoms with van der Waals surface area (Å²) >= 11 is 1.34. The minimum absolute atomic E-state index is 0.137. The van der Waals surface area contributed by atoms with Crippen LogP contribution in [0.4, 0.5) is 10.5 Å². The van der Waals surface area contributed by atoms with Crippen LogP contribution in [0, 0.1) is 10.1 Å². The molecule has 1 unspecified atom stereocenters. The lowest BCUT2D eigenvalue weighted by molar-refractivity contribution is -0.384. The molecule has 0 bridgehead atoms. The van der Waals surface area contributed by atoms with E-state index in [1.165, 1.54) is 30.0 Å². The number of non-ortho nitro benzene ring substituents is 1. The number of aryl methyl sites for hydroxylation is 1. The third-order valence-electron chi connectivity index (χ3n) is 4.19. The summed E-state index contributed by atoms with van der Waals surface area (Å²) in [6.07, 6.45) is 3.44. The fourth-order valence-corrected chi connectivity index (χ4v) is 3.78. The molecule has 1 atom stereocenters. The van der Waals surface area contributed by atoms with Gasteiger partial charge in [-0.3, -0.25) is 10.1 Å². The summed E-state index contributed by atoms with van der Waals surface area (Å²) in [5.74, 6) is -0.343. The lowest BCUT2D eigenvalue weighted by Crippen LogP contribution is -2.46. The molecule has 2 aromatic rings. The lowest BCUT2D eigenvalue weighted by atomic mass is 9.95. The van der Waals surface area contributed by atoms with Gasteiger partial charge in [0.1, 0.15) is 0 Å². The quantitative estimate of drug-likeness (QED) is 0.306. The van der Waals surface area contributed by atoms with Gasteiger partial charge in [-0.2, -0.15) is 0 Å². The number of thioether (sulfide) groups is 1. The molecule has 2 heterocycles. The molecule has 0 radical (unpaired) electrons. The molecule has 2 amide bonds. The number of nitrogens with zero attached hydrogens (tertiary/aromatic N) is 3. The first-order chi connectivity index (χ1) is 13.9. The van der Waals surface area contributed by atoms with Crippen LogP contribution in [0.15, 0.2) is 53.1 Å². The number of esters is 1. The van der Waals surface area contributed by atoms with Gasteiger partial charge in [-0.05, 0) is 12.5 Å². The van der Waals surface area contributed by atoms with E-state index in [0.29, 0.717) is 16.4 Å². The second kappa shape index (κ2) is 8.78. The molecular weight excluding hydrogens is 398 g/mol. The van der Waals surface area contributed by atoms with Crippen molar-refractivity contribution in [3.63, 3.8) is 0 Å². The average Bonchev–Trinajstić information content (AvgIpc) is 3.10. The number of carbonyl (C=O) groups is 2. The molecule has 0 spiro atoms. The topological polar surface area (TPSA) is 128 Å². The maximum Gasteiger partial charge on any atom is 0.338 e. The second-order valence-electron chi connectivity index (χ2n) is 6.11. The fourth-order valence-electron chi connectivity index (χ4n) is 2.88. The Morgan fingerprint density at radius 2 is 2.24 bits per heavy atom. The van der Waals surface area contributed by atoms with E-state index in [4.69, 9.17) is 4.74 Å². The zero-order valence-electron chi connectivity index (χ0n) is 15.7. The van der Waals surface area contributed by atoms with E-state index in [1.807, 2.05) is 11.6 Å². The molecule has 3 rings (SSSR count). The van der Waals surface area contributed by atoms with E-state index in [2.05, 4.69) is 15.6 Å². The maximum absolute atomic E-state index is 12.7. The zero-order valence-corrected chi connectivity index (χ0v) is 16.6. The number of carbonyl (C=O) groups excluding carboxylic acids is 2. The lowest BCUT2D eigenvalue weighted by Gasteiger charge is -2.29. The zero-order chi connectivity index (χ0) is 21.0. The Balaban J connectivity index is 2.01. The van der Waals surface area contributed by atoms with Crippen molar-refractivity contribution in [1.82, 2.24) is 20.2 Å². The summed E-state index contributed by atoms with van der Waals surface area (Å²) in [5.41, 5.74) is 0.851. The molecular formula is C18H19N5O5S. The average molecular weight is 417 g/mol. The van der Waals surface area contributed by atoms with Gasteiger partial charge in [-0.15, -0.1) is 0 Å². The number of benzene rings is 1. The van der Waals surface area contributed by atoms with Crippen molar-refractivity contribution in [2.24, 2.45) is 7.05 Å². The number of nitro benzene ring substituents is 1. The smallest absolute Gasteiger partial charge is 0.338 e. The normalized spacial score (nSPS) is 16.2. The van der Waals surface area contributed by atoms with Crippen LogP contribution < -0.4 is 10.6 Å². The number of amides is 2. The molecule has 2 N–H and O–H groups in total. The molecule has 11 heteroatoms. The monoisotopic (exact) mass is 417 g/mol. The summed E-state index contributed by atoms with van der Waals surface area (Å²) in [4.78, 5) is 39.8. The number of nitro groups is 1. The van der Waals surface area contributed by atoms with Gasteiger partial charge >= 0.3 is 12.0 Å². The van der Waals surface area contributed by atoms with E-state index in [-0.39, 0.29) is 23.6 Å². The molecule has 10 nitrogen and oxygen atoms in total. The first-order valence-corrected chi connectivity index (χ1v) is 9.71. The molecule has 1 aliphatic heterocycles. The number of hydrogen-bond acceptors (Lipinski definition) is 7. The van der Waals surface area contributed by atoms with Crippen LogP contribution in [0.3, 0.4) is 0 Å². The predicted octanol–water partition coefficient (Wildman–Crippen LogP) is 2.29. The van der Waals surface area contributed by atoms with Crippen LogP contribution in [0.5, 0.6) is 0 Å². The minimum atomic E-state index is -0.875. The number of urea groups is 1. The van der Waals surface area contributed by atoms with Gasteiger partial charge in [-0.25, -0.2) is 14.6 Å². The van der Waals surface area contributed by atoms with Crippen LogP contribution in [-0.4, -0.2) is 38.8 Å². The minimum Gasteiger partial charge on any atom is -0.463 e. The number of aromatic nitrogens is 2. The largest absolute Gasteiger partial charge is 0.463 e. The molecule has 0 saturated heterocycles. The Kier molecular flexibility index (Phi) is 6.17. The first-order valence-electron chi connectivity index (χ1n) is 8.72. The van der Waals surface area contributed by atoms with Gasteiger partial charge in [-0.1, -0.05) is 23.9 Å². The Morgan fingerprint density at radius 1 is 1.45 bits per heavy atom. The standard InChI is InChI=1S/C18H19N5O5S/c1-3-28-16(24)14-13(10-29-18-19-7-8-22(18)2)20-17(25)21-15(14)11-5-4-6-12(9-11)23(26)27/h4-9,15H,3,10H2,1-2H3,(H2,20,21,25). The number of rotatable bonds is 7. The maximum atomic E-state index is 12.7. The van der Waals surface area contributed by atoms with Crippen molar-refractivity contribution in [3.05, 3.63) is 63.6 Å². The predicted molar refractivity (Wildman–Crippen MR) is 105 cm³/mol. The highest BCUT2D eigenvalue weighted by molar-refractivity contribution is 7.99. The molecule has 0 aliphatic carbocycles. The van der Waals surface area contributed by atoms with Crippen LogP contribution in [0.1, 0.15) is 18.5 Å². The summed E-state index contributed by atoms with van der Waals surface area (Å²) in [5, 5.41) is 17.2. The van der Waals surface area contributed by atoms with Crippen molar-refractivity contribution in [2.75, 3.05) is 12.4 Å². The SMILES string of the molecule is CCOC(=O)C1=C(CSc2nccn2C)NC(=O)NC1c1cccc([N+](=O)[O-])c1. The van der Waals surface area contributed by atoms with Crippen LogP contribution in [0.2, 0.25) is 0 Å². The third-order valence-corrected chi connectivity index (χ3v) is 5.27. The summed E-state index contributed by atoms with van der Waals surface area (Å²) in [6, 6.07) is 4.42. The number of hydrogen-bond donors (Lipinski definition) is 2. The molecule has 1 aromatic heterocycles. The highest BCUT2D eigenvalue weighted by atomic mass is 32.2. The van der Waals surface area contributed by atoms with Gasteiger partial charge < -0.3 is 19.9 Å². The van der Waals surface area contributed by atoms with Crippen molar-refractivity contribution in [2.45, 2.75) is 18.1 Å². The highest BCUT2D eigenvalue weighted by Crippen LogP contribution is 2.31. The van der Waals surface area contributed by atoms with Gasteiger partial charge in [0, 0.05) is 43.0 Å². The van der Waals surface area contributed by atoms with E-state index in [1.54, 1.807) is 25.4 Å². The molecule has 0 saturated carbocycles. The summed E-state index contributed by atoms with van der Waals surface area (Å²) < 4.78 is 7.00. The van der Waals surface area contributed by atoms with E-state index in [9.17, 15) is 19.7 Å². The van der Waals surface area contributed by atoms with Crippen molar-refractivity contribution in [1.29, 1.82) is 0 Å². The molecule has 0 fully saturated rings. The van der Waals surface area contributed by atoms with Crippen LogP contribution in [0.25, 0.3) is 0 Å². The number of imidazole rings is 1.